The first-order chi connectivity index (χ1) is 9.95. The lowest BCUT2D eigenvalue weighted by Crippen LogP contribution is -2.48. The van der Waals surface area contributed by atoms with Crippen LogP contribution in [0.15, 0.2) is 17.0 Å². The summed E-state index contributed by atoms with van der Waals surface area (Å²) in [6, 6.07) is 3.07. The molecule has 0 bridgehead atoms. The maximum Gasteiger partial charge on any atom is 0.325 e. The summed E-state index contributed by atoms with van der Waals surface area (Å²) in [6.07, 6.45) is 0. The van der Waals surface area contributed by atoms with Gasteiger partial charge in [0.05, 0.1) is 11.4 Å². The fourth-order valence-corrected chi connectivity index (χ4v) is 3.86. The molecule has 0 aliphatic heterocycles. The molecule has 0 aromatic heterocycles. The zero-order chi connectivity index (χ0) is 17.2. The van der Waals surface area contributed by atoms with Crippen LogP contribution in [0.3, 0.4) is 0 Å². The minimum atomic E-state index is -1.55. The zero-order valence-electron chi connectivity index (χ0n) is 14.5. The van der Waals surface area contributed by atoms with Crippen LogP contribution in [0.25, 0.3) is 0 Å². The van der Waals surface area contributed by atoms with E-state index in [1.807, 2.05) is 60.6 Å². The fraction of sp³-hybridized carbons (Fsp3) is 0.588. The third-order valence-corrected chi connectivity index (χ3v) is 5.64. The van der Waals surface area contributed by atoms with E-state index in [9.17, 15) is 14.5 Å². The third kappa shape index (κ3) is 4.48. The number of carboxylic acid groups (broad SMARTS) is 1. The van der Waals surface area contributed by atoms with Gasteiger partial charge in [0, 0.05) is 11.1 Å². The second kappa shape index (κ2) is 7.02. The Kier molecular flexibility index (Phi) is 6.07. The summed E-state index contributed by atoms with van der Waals surface area (Å²) >= 11 is -1.55. The van der Waals surface area contributed by atoms with Gasteiger partial charge in [0.25, 0.3) is 0 Å². The van der Waals surface area contributed by atoms with Gasteiger partial charge < -0.3 is 9.66 Å². The number of rotatable bonds is 5. The van der Waals surface area contributed by atoms with Crippen molar-refractivity contribution in [3.05, 3.63) is 28.8 Å². The van der Waals surface area contributed by atoms with Gasteiger partial charge in [-0.2, -0.15) is 0 Å². The minimum Gasteiger partial charge on any atom is -0.593 e. The van der Waals surface area contributed by atoms with E-state index < -0.39 is 23.4 Å². The normalized spacial score (nSPS) is 16.2. The lowest BCUT2D eigenvalue weighted by molar-refractivity contribution is -0.141. The van der Waals surface area contributed by atoms with Crippen LogP contribution < -0.4 is 4.72 Å². The topological polar surface area (TPSA) is 72.4 Å². The van der Waals surface area contributed by atoms with E-state index in [2.05, 4.69) is 4.72 Å². The van der Waals surface area contributed by atoms with Gasteiger partial charge in [0.1, 0.15) is 0 Å². The predicted octanol–water partition coefficient (Wildman–Crippen LogP) is 3.36. The quantitative estimate of drug-likeness (QED) is 0.814. The van der Waals surface area contributed by atoms with Crippen LogP contribution in [-0.2, 0) is 16.2 Å². The van der Waals surface area contributed by atoms with Crippen molar-refractivity contribution in [1.82, 2.24) is 4.72 Å². The standard InChI is InChI=1S/C17H27NO3S/c1-10-8-11(2)15(12(3)9-10)22(21)18-14(16(19)20)13(4)17(5,6)7/h8-9,13-14,18H,1-7H3,(H,19,20)/t13-,14+,22+/m1/s1. The second-order valence-corrected chi connectivity index (χ2v) is 8.27. The Morgan fingerprint density at radius 2 is 1.68 bits per heavy atom. The van der Waals surface area contributed by atoms with Crippen LogP contribution in [-0.4, -0.2) is 21.7 Å². The molecule has 4 nitrogen and oxygen atoms in total. The molecular weight excluding hydrogens is 298 g/mol. The van der Waals surface area contributed by atoms with Crippen LogP contribution in [0.4, 0.5) is 0 Å². The highest BCUT2D eigenvalue weighted by atomic mass is 32.2. The summed E-state index contributed by atoms with van der Waals surface area (Å²) < 4.78 is 15.5. The summed E-state index contributed by atoms with van der Waals surface area (Å²) in [5.74, 6) is -1.14. The number of benzene rings is 1. The first-order valence-electron chi connectivity index (χ1n) is 7.43. The summed E-state index contributed by atoms with van der Waals surface area (Å²) in [5.41, 5.74) is 2.73. The number of aliphatic carboxylic acids is 1. The van der Waals surface area contributed by atoms with Crippen molar-refractivity contribution >= 4 is 17.3 Å². The lowest BCUT2D eigenvalue weighted by atomic mass is 9.78. The molecule has 0 aliphatic rings. The van der Waals surface area contributed by atoms with Crippen molar-refractivity contribution in [3.63, 3.8) is 0 Å². The minimum absolute atomic E-state index is 0.167. The Morgan fingerprint density at radius 3 is 2.05 bits per heavy atom. The van der Waals surface area contributed by atoms with E-state index >= 15 is 0 Å². The summed E-state index contributed by atoms with van der Waals surface area (Å²) in [7, 11) is 0. The second-order valence-electron chi connectivity index (χ2n) is 7.09. The van der Waals surface area contributed by atoms with E-state index in [4.69, 9.17) is 0 Å². The molecule has 2 N–H and O–H groups in total. The Bertz CT molecular complexity index is 528. The van der Waals surface area contributed by atoms with E-state index in [1.165, 1.54) is 0 Å². The van der Waals surface area contributed by atoms with Gasteiger partial charge in [-0.15, -0.1) is 4.72 Å². The summed E-state index contributed by atoms with van der Waals surface area (Å²) in [5, 5.41) is 9.49. The van der Waals surface area contributed by atoms with Crippen molar-refractivity contribution < 1.29 is 14.5 Å². The molecule has 0 amide bonds. The number of carboxylic acids is 1. The van der Waals surface area contributed by atoms with Crippen LogP contribution in [0.2, 0.25) is 0 Å². The summed E-state index contributed by atoms with van der Waals surface area (Å²) in [4.78, 5) is 12.3. The van der Waals surface area contributed by atoms with Gasteiger partial charge in [-0.05, 0) is 32.1 Å². The first-order valence-corrected chi connectivity index (χ1v) is 8.58. The highest BCUT2D eigenvalue weighted by molar-refractivity contribution is 7.89. The third-order valence-electron chi connectivity index (χ3n) is 4.16. The molecule has 22 heavy (non-hydrogen) atoms. The van der Waals surface area contributed by atoms with Gasteiger partial charge in [-0.25, -0.2) is 0 Å². The predicted molar refractivity (Wildman–Crippen MR) is 90.2 cm³/mol. The molecule has 5 heteroatoms. The molecule has 1 rings (SSSR count). The monoisotopic (exact) mass is 325 g/mol. The molecular formula is C17H27NO3S. The van der Waals surface area contributed by atoms with Crippen LogP contribution in [0.5, 0.6) is 0 Å². The van der Waals surface area contributed by atoms with Gasteiger partial charge in [0.15, 0.2) is 10.9 Å². The van der Waals surface area contributed by atoms with Crippen LogP contribution >= 0.6 is 0 Å². The van der Waals surface area contributed by atoms with Gasteiger partial charge in [0.2, 0.25) is 0 Å². The van der Waals surface area contributed by atoms with Gasteiger partial charge in [-0.3, -0.25) is 4.79 Å². The number of aryl methyl sites for hydroxylation is 3. The van der Waals surface area contributed by atoms with Crippen molar-refractivity contribution in [2.45, 2.75) is 59.4 Å². The molecule has 0 saturated carbocycles. The average molecular weight is 325 g/mol. The molecule has 124 valence electrons. The van der Waals surface area contributed by atoms with Gasteiger partial charge in [-0.1, -0.05) is 45.4 Å². The largest absolute Gasteiger partial charge is 0.593 e. The van der Waals surface area contributed by atoms with E-state index in [0.717, 1.165) is 16.7 Å². The van der Waals surface area contributed by atoms with Gasteiger partial charge >= 0.3 is 5.97 Å². The zero-order valence-corrected chi connectivity index (χ0v) is 15.3. The Labute approximate surface area is 136 Å². The van der Waals surface area contributed by atoms with E-state index in [1.54, 1.807) is 0 Å². The molecule has 0 heterocycles. The SMILES string of the molecule is Cc1cc(C)c([S@+]([O-])N[C@H](C(=O)O)[C@@H](C)C(C)(C)C)c(C)c1. The highest BCUT2D eigenvalue weighted by Gasteiger charge is 2.37. The van der Waals surface area contributed by atoms with Crippen molar-refractivity contribution in [2.24, 2.45) is 11.3 Å². The maximum atomic E-state index is 12.7. The highest BCUT2D eigenvalue weighted by Crippen LogP contribution is 2.30. The number of carbonyl (C=O) groups is 1. The lowest BCUT2D eigenvalue weighted by Gasteiger charge is -2.32. The first kappa shape index (κ1) is 19.0. The summed E-state index contributed by atoms with van der Waals surface area (Å²) in [6.45, 7) is 13.6. The number of hydrogen-bond donors (Lipinski definition) is 2. The molecule has 1 aromatic rings. The fourth-order valence-electron chi connectivity index (χ4n) is 2.50. The number of nitrogens with one attached hydrogen (secondary N) is 1. The van der Waals surface area contributed by atoms with Crippen molar-refractivity contribution in [2.75, 3.05) is 0 Å². The molecule has 1 aromatic carbocycles. The molecule has 0 unspecified atom stereocenters. The molecule has 0 spiro atoms. The average Bonchev–Trinajstić information content (AvgIpc) is 2.32. The molecule has 0 radical (unpaired) electrons. The maximum absolute atomic E-state index is 12.7. The molecule has 0 aliphatic carbocycles. The van der Waals surface area contributed by atoms with E-state index in [0.29, 0.717) is 4.90 Å². The molecule has 0 fully saturated rings. The Morgan fingerprint density at radius 1 is 1.23 bits per heavy atom. The molecule has 0 saturated heterocycles. The van der Waals surface area contributed by atoms with E-state index in [-0.39, 0.29) is 11.3 Å². The Hall–Kier alpha value is -1.04. The smallest absolute Gasteiger partial charge is 0.325 e. The van der Waals surface area contributed by atoms with Crippen molar-refractivity contribution in [1.29, 1.82) is 0 Å². The molecule has 3 atom stereocenters. The number of hydrogen-bond acceptors (Lipinski definition) is 3. The van der Waals surface area contributed by atoms with Crippen LogP contribution in [0, 0.1) is 32.1 Å². The van der Waals surface area contributed by atoms with Crippen molar-refractivity contribution in [3.8, 4) is 0 Å². The Balaban J connectivity index is 3.08. The van der Waals surface area contributed by atoms with Crippen LogP contribution in [0.1, 0.15) is 44.4 Å².